The summed E-state index contributed by atoms with van der Waals surface area (Å²) in [6.45, 7) is 8.02. The van der Waals surface area contributed by atoms with Crippen molar-refractivity contribution in [2.45, 2.75) is 63.3 Å². The Morgan fingerprint density at radius 2 is 2.08 bits per heavy atom. The number of amides is 1. The summed E-state index contributed by atoms with van der Waals surface area (Å²) in [6.07, 6.45) is 6.96. The van der Waals surface area contributed by atoms with E-state index in [2.05, 4.69) is 26.4 Å². The number of pyridine rings is 1. The summed E-state index contributed by atoms with van der Waals surface area (Å²) in [6, 6.07) is 4.92. The first-order valence-corrected chi connectivity index (χ1v) is 16.8. The van der Waals surface area contributed by atoms with Gasteiger partial charge in [-0.3, -0.25) is 14.7 Å². The number of ether oxygens (including phenoxy) is 1. The fourth-order valence-corrected chi connectivity index (χ4v) is 8.37. The van der Waals surface area contributed by atoms with E-state index in [1.54, 1.807) is 4.90 Å². The van der Waals surface area contributed by atoms with E-state index in [1.807, 2.05) is 24.9 Å². The maximum atomic E-state index is 16.2. The van der Waals surface area contributed by atoms with Crippen molar-refractivity contribution in [2.24, 2.45) is 0 Å². The monoisotopic (exact) mass is 678 g/mol. The molecule has 0 bridgehead atoms. The standard InChI is InChI=1S/C27H25F2N7O2S.C7H12FN/c1-5-17-18(9-10-36(17)19(37)6-2)35(3)26-15-12-32-22(21(29)23(15)33-27(34-26)38-4)13-7-8-16(28)24-20(13)14(11-30)25(31)39-24;8-6-4-7-2-1-3-9(7)5-6/h6-8,12,17-18H,2,5,9-10,31H2,1,3-4H3;6-7H,1-5H2/t17-,18-;/m1./s1. The normalized spacial score (nSPS) is 22.0. The van der Waals surface area contributed by atoms with Gasteiger partial charge >= 0.3 is 6.01 Å². The number of nitrogens with two attached hydrogens (primary N) is 1. The Morgan fingerprint density at radius 3 is 2.77 bits per heavy atom. The molecule has 1 amide bonds. The molecule has 1 aromatic carbocycles. The second kappa shape index (κ2) is 13.6. The number of halogens is 3. The van der Waals surface area contributed by atoms with E-state index in [1.165, 1.54) is 44.4 Å². The molecule has 0 saturated carbocycles. The van der Waals surface area contributed by atoms with Crippen LogP contribution in [0.1, 0.15) is 44.6 Å². The number of likely N-dealkylation sites (N-methyl/N-ethyl adjacent to an activating group) is 1. The number of nitrogen functional groups attached to an aromatic ring is 1. The highest BCUT2D eigenvalue weighted by atomic mass is 32.1. The van der Waals surface area contributed by atoms with Crippen LogP contribution >= 0.6 is 11.3 Å². The van der Waals surface area contributed by atoms with E-state index in [0.29, 0.717) is 43.2 Å². The fourth-order valence-electron chi connectivity index (χ4n) is 7.42. The number of hydrogen-bond donors (Lipinski definition) is 1. The van der Waals surface area contributed by atoms with Crippen LogP contribution in [-0.4, -0.2) is 88.7 Å². The van der Waals surface area contributed by atoms with Gasteiger partial charge in [0.05, 0.1) is 34.8 Å². The third-order valence-corrected chi connectivity index (χ3v) is 10.7. The molecule has 48 heavy (non-hydrogen) atoms. The lowest BCUT2D eigenvalue weighted by Crippen LogP contribution is -2.45. The van der Waals surface area contributed by atoms with Crippen LogP contribution < -0.4 is 15.4 Å². The van der Waals surface area contributed by atoms with Crippen LogP contribution in [-0.2, 0) is 4.79 Å². The van der Waals surface area contributed by atoms with E-state index in [0.717, 1.165) is 24.3 Å². The first-order chi connectivity index (χ1) is 23.1. The number of nitriles is 1. The van der Waals surface area contributed by atoms with Gasteiger partial charge in [0.15, 0.2) is 5.82 Å². The average molecular weight is 679 g/mol. The molecule has 3 fully saturated rings. The minimum absolute atomic E-state index is 0.0436. The number of anilines is 2. The largest absolute Gasteiger partial charge is 0.467 e. The lowest BCUT2D eigenvalue weighted by atomic mass is 10.0. The number of benzene rings is 1. The molecular formula is C34H37F3N8O2S. The average Bonchev–Trinajstić information content (AvgIpc) is 3.87. The fraction of sp³-hybridized carbons (Fsp3) is 0.441. The molecule has 0 aliphatic carbocycles. The molecule has 4 aromatic rings. The van der Waals surface area contributed by atoms with Gasteiger partial charge in [0.1, 0.15) is 40.1 Å². The number of carbonyl (C=O) groups excluding carboxylic acids is 1. The molecule has 3 aliphatic rings. The molecule has 7 rings (SSSR count). The Morgan fingerprint density at radius 1 is 1.29 bits per heavy atom. The number of thiophene rings is 1. The van der Waals surface area contributed by atoms with Gasteiger partial charge in [0.25, 0.3) is 0 Å². The van der Waals surface area contributed by atoms with E-state index in [4.69, 9.17) is 10.5 Å². The maximum absolute atomic E-state index is 16.2. The van der Waals surface area contributed by atoms with Crippen molar-refractivity contribution in [1.82, 2.24) is 24.8 Å². The topological polar surface area (TPSA) is 124 Å². The number of nitrogens with zero attached hydrogens (tertiary/aromatic N) is 7. The predicted molar refractivity (Wildman–Crippen MR) is 181 cm³/mol. The van der Waals surface area contributed by atoms with E-state index in [-0.39, 0.29) is 61.4 Å². The number of fused-ring (bicyclic) bond motifs is 3. The van der Waals surface area contributed by atoms with Gasteiger partial charge in [0, 0.05) is 43.3 Å². The van der Waals surface area contributed by atoms with Crippen molar-refractivity contribution in [1.29, 1.82) is 5.26 Å². The summed E-state index contributed by atoms with van der Waals surface area (Å²) in [4.78, 5) is 31.6. The van der Waals surface area contributed by atoms with Crippen LogP contribution in [0.25, 0.3) is 32.2 Å². The highest BCUT2D eigenvalue weighted by Gasteiger charge is 2.39. The van der Waals surface area contributed by atoms with Gasteiger partial charge < -0.3 is 20.3 Å². The zero-order valence-electron chi connectivity index (χ0n) is 27.0. The molecular weight excluding hydrogens is 641 g/mol. The molecule has 3 aromatic heterocycles. The first kappa shape index (κ1) is 33.4. The van der Waals surface area contributed by atoms with Crippen LogP contribution in [0.2, 0.25) is 0 Å². The molecule has 3 aliphatic heterocycles. The Hall–Kier alpha value is -4.48. The number of rotatable bonds is 6. The molecule has 2 N–H and O–H groups in total. The molecule has 0 radical (unpaired) electrons. The van der Waals surface area contributed by atoms with E-state index in [9.17, 15) is 18.8 Å². The smallest absolute Gasteiger partial charge is 0.318 e. The van der Waals surface area contributed by atoms with Crippen molar-refractivity contribution in [3.05, 3.63) is 48.2 Å². The highest BCUT2D eigenvalue weighted by molar-refractivity contribution is 7.23. The van der Waals surface area contributed by atoms with Crippen LogP contribution in [0.15, 0.2) is 31.0 Å². The lowest BCUT2D eigenvalue weighted by Gasteiger charge is -2.33. The second-order valence-corrected chi connectivity index (χ2v) is 13.3. The quantitative estimate of drug-likeness (QED) is 0.251. The van der Waals surface area contributed by atoms with Gasteiger partial charge in [-0.25, -0.2) is 13.2 Å². The summed E-state index contributed by atoms with van der Waals surface area (Å²) in [5.74, 6) is -1.08. The Labute approximate surface area is 280 Å². The zero-order valence-corrected chi connectivity index (χ0v) is 27.9. The summed E-state index contributed by atoms with van der Waals surface area (Å²) < 4.78 is 48.9. The first-order valence-electron chi connectivity index (χ1n) is 16.0. The third-order valence-electron chi connectivity index (χ3n) is 9.69. The Bertz CT molecular complexity index is 1920. The number of likely N-dealkylation sites (tertiary alicyclic amines) is 1. The van der Waals surface area contributed by atoms with E-state index >= 15 is 4.39 Å². The van der Waals surface area contributed by atoms with Crippen molar-refractivity contribution < 1.29 is 22.7 Å². The van der Waals surface area contributed by atoms with Gasteiger partial charge in [-0.15, -0.1) is 11.3 Å². The lowest BCUT2D eigenvalue weighted by molar-refractivity contribution is -0.126. The predicted octanol–water partition coefficient (Wildman–Crippen LogP) is 5.84. The number of aromatic nitrogens is 3. The molecule has 6 heterocycles. The second-order valence-electron chi connectivity index (χ2n) is 12.3. The zero-order chi connectivity index (χ0) is 34.3. The summed E-state index contributed by atoms with van der Waals surface area (Å²) >= 11 is 0.924. The van der Waals surface area contributed by atoms with Crippen LogP contribution in [0.3, 0.4) is 0 Å². The van der Waals surface area contributed by atoms with Gasteiger partial charge in [-0.1, -0.05) is 13.5 Å². The molecule has 252 valence electrons. The molecule has 0 spiro atoms. The molecule has 14 heteroatoms. The van der Waals surface area contributed by atoms with Crippen LogP contribution in [0.5, 0.6) is 6.01 Å². The van der Waals surface area contributed by atoms with Crippen LogP contribution in [0, 0.1) is 23.0 Å². The minimum Gasteiger partial charge on any atom is -0.467 e. The van der Waals surface area contributed by atoms with E-state index < -0.39 is 17.8 Å². The molecule has 2 unspecified atom stereocenters. The summed E-state index contributed by atoms with van der Waals surface area (Å²) in [5, 5.41) is 10.3. The maximum Gasteiger partial charge on any atom is 0.318 e. The summed E-state index contributed by atoms with van der Waals surface area (Å²) in [7, 11) is 3.22. The van der Waals surface area contributed by atoms with Gasteiger partial charge in [-0.05, 0) is 56.9 Å². The summed E-state index contributed by atoms with van der Waals surface area (Å²) in [5.41, 5.74) is 6.10. The van der Waals surface area contributed by atoms with Crippen LogP contribution in [0.4, 0.5) is 24.0 Å². The Kier molecular flexibility index (Phi) is 9.44. The molecule has 3 saturated heterocycles. The number of carbonyl (C=O) groups is 1. The molecule has 4 atom stereocenters. The van der Waals surface area contributed by atoms with Gasteiger partial charge in [-0.2, -0.15) is 15.2 Å². The van der Waals surface area contributed by atoms with Crippen molar-refractivity contribution in [3.8, 4) is 23.3 Å². The van der Waals surface area contributed by atoms with Crippen molar-refractivity contribution in [3.63, 3.8) is 0 Å². The van der Waals surface area contributed by atoms with Crippen molar-refractivity contribution in [2.75, 3.05) is 44.4 Å². The highest BCUT2D eigenvalue weighted by Crippen LogP contribution is 2.42. The van der Waals surface area contributed by atoms with Gasteiger partial charge in [0.2, 0.25) is 5.91 Å². The third kappa shape index (κ3) is 5.79. The molecule has 10 nitrogen and oxygen atoms in total. The number of methoxy groups -OCH3 is 1. The number of hydrogen-bond acceptors (Lipinski definition) is 10. The van der Waals surface area contributed by atoms with Crippen molar-refractivity contribution >= 4 is 49.1 Å². The SMILES string of the molecule is C=CC(=O)N1CC[C@@H](N(C)c2nc(OC)nc3c(F)c(-c4ccc(F)c5sc(N)c(C#N)c45)ncc23)[C@H]1CC.FC1CC2CCCN2C1. The Balaban J connectivity index is 0.000000381. The minimum atomic E-state index is -0.772. The number of alkyl halides is 1.